The molecular weight excluding hydrogens is 288 g/mol. The summed E-state index contributed by atoms with van der Waals surface area (Å²) in [6.45, 7) is 0. The van der Waals surface area contributed by atoms with Crippen LogP contribution in [0.25, 0.3) is 22.3 Å². The number of rotatable bonds is 3. The smallest absolute Gasteiger partial charge is 0.337 e. The first-order valence-electron chi connectivity index (χ1n) is 7.27. The summed E-state index contributed by atoms with van der Waals surface area (Å²) in [5.74, 6) is -0.203. The van der Waals surface area contributed by atoms with Crippen molar-refractivity contribution in [2.45, 2.75) is 0 Å². The van der Waals surface area contributed by atoms with Gasteiger partial charge in [-0.15, -0.1) is 0 Å². The van der Waals surface area contributed by atoms with Crippen molar-refractivity contribution < 1.29 is 14.6 Å². The van der Waals surface area contributed by atoms with Gasteiger partial charge in [-0.1, -0.05) is 60.7 Å². The van der Waals surface area contributed by atoms with Gasteiger partial charge in [0.25, 0.3) is 0 Å². The minimum absolute atomic E-state index is 0.195. The van der Waals surface area contributed by atoms with E-state index >= 15 is 0 Å². The Balaban J connectivity index is 2.10. The second-order valence-corrected chi connectivity index (χ2v) is 5.14. The Morgan fingerprint density at radius 2 is 1.43 bits per heavy atom. The van der Waals surface area contributed by atoms with Gasteiger partial charge in [0.15, 0.2) is 0 Å². The average molecular weight is 304 g/mol. The maximum absolute atomic E-state index is 11.7. The van der Waals surface area contributed by atoms with Gasteiger partial charge in [0.2, 0.25) is 0 Å². The van der Waals surface area contributed by atoms with Crippen LogP contribution in [0, 0.1) is 0 Å². The molecule has 3 heteroatoms. The highest BCUT2D eigenvalue weighted by Crippen LogP contribution is 2.38. The van der Waals surface area contributed by atoms with Gasteiger partial charge >= 0.3 is 5.97 Å². The Labute approximate surface area is 134 Å². The molecule has 0 aliphatic rings. The van der Waals surface area contributed by atoms with Crippen molar-refractivity contribution in [3.8, 4) is 28.0 Å². The van der Waals surface area contributed by atoms with E-state index in [0.29, 0.717) is 11.1 Å². The predicted octanol–water partition coefficient (Wildman–Crippen LogP) is 4.51. The molecule has 0 heterocycles. The third-order valence-corrected chi connectivity index (χ3v) is 3.72. The molecule has 3 rings (SSSR count). The number of hydrogen-bond donors (Lipinski definition) is 1. The fraction of sp³-hybridized carbons (Fsp3) is 0.0500. The van der Waals surface area contributed by atoms with Crippen LogP contribution in [0.4, 0.5) is 0 Å². The quantitative estimate of drug-likeness (QED) is 0.724. The summed E-state index contributed by atoms with van der Waals surface area (Å²) in [7, 11) is 1.35. The van der Waals surface area contributed by atoms with Gasteiger partial charge in [0.05, 0.1) is 12.7 Å². The van der Waals surface area contributed by atoms with Crippen molar-refractivity contribution in [2.75, 3.05) is 7.11 Å². The number of aromatic hydroxyl groups is 1. The Morgan fingerprint density at radius 3 is 2.13 bits per heavy atom. The summed E-state index contributed by atoms with van der Waals surface area (Å²) in [6, 6.07) is 22.3. The van der Waals surface area contributed by atoms with Crippen molar-refractivity contribution >= 4 is 5.97 Å². The zero-order valence-corrected chi connectivity index (χ0v) is 12.7. The first kappa shape index (κ1) is 14.9. The summed E-state index contributed by atoms with van der Waals surface area (Å²) in [5.41, 5.74) is 3.59. The highest BCUT2D eigenvalue weighted by molar-refractivity contribution is 5.92. The number of phenolic OH excluding ortho intramolecular Hbond substituents is 1. The first-order chi connectivity index (χ1) is 11.2. The number of hydrogen-bond acceptors (Lipinski definition) is 3. The second-order valence-electron chi connectivity index (χ2n) is 5.14. The van der Waals surface area contributed by atoms with Crippen LogP contribution in [-0.4, -0.2) is 18.2 Å². The predicted molar refractivity (Wildman–Crippen MR) is 90.3 cm³/mol. The summed E-state index contributed by atoms with van der Waals surface area (Å²) in [5, 5.41) is 10.7. The lowest BCUT2D eigenvalue weighted by Gasteiger charge is -2.11. The van der Waals surface area contributed by atoms with Crippen LogP contribution >= 0.6 is 0 Å². The summed E-state index contributed by atoms with van der Waals surface area (Å²) < 4.78 is 4.75. The zero-order valence-electron chi connectivity index (χ0n) is 12.7. The molecule has 0 aromatic heterocycles. The molecule has 0 saturated carbocycles. The van der Waals surface area contributed by atoms with E-state index in [1.54, 1.807) is 18.2 Å². The van der Waals surface area contributed by atoms with Gasteiger partial charge in [-0.25, -0.2) is 4.79 Å². The van der Waals surface area contributed by atoms with E-state index < -0.39 is 5.97 Å². The fourth-order valence-corrected chi connectivity index (χ4v) is 2.56. The van der Waals surface area contributed by atoms with Crippen LogP contribution in [0.5, 0.6) is 5.75 Å². The third kappa shape index (κ3) is 2.94. The van der Waals surface area contributed by atoms with Crippen LogP contribution in [0.15, 0.2) is 72.8 Å². The van der Waals surface area contributed by atoms with E-state index in [4.69, 9.17) is 4.74 Å². The van der Waals surface area contributed by atoms with Crippen molar-refractivity contribution in [3.63, 3.8) is 0 Å². The van der Waals surface area contributed by atoms with E-state index in [-0.39, 0.29) is 5.75 Å². The second kappa shape index (κ2) is 6.36. The lowest BCUT2D eigenvalue weighted by molar-refractivity contribution is 0.0601. The summed E-state index contributed by atoms with van der Waals surface area (Å²) in [4.78, 5) is 11.7. The monoisotopic (exact) mass is 304 g/mol. The van der Waals surface area contributed by atoms with Gasteiger partial charge < -0.3 is 9.84 Å². The van der Waals surface area contributed by atoms with E-state index in [9.17, 15) is 9.90 Å². The van der Waals surface area contributed by atoms with Gasteiger partial charge in [-0.2, -0.15) is 0 Å². The lowest BCUT2D eigenvalue weighted by Crippen LogP contribution is -2.00. The molecule has 0 unspecified atom stereocenters. The molecule has 0 fully saturated rings. The number of methoxy groups -OCH3 is 1. The highest BCUT2D eigenvalue weighted by Gasteiger charge is 2.12. The van der Waals surface area contributed by atoms with Gasteiger partial charge in [0.1, 0.15) is 5.75 Å². The normalized spacial score (nSPS) is 10.3. The van der Waals surface area contributed by atoms with Gasteiger partial charge in [-0.3, -0.25) is 0 Å². The number of para-hydroxylation sites is 1. The van der Waals surface area contributed by atoms with E-state index in [1.165, 1.54) is 7.11 Å². The molecule has 3 aromatic carbocycles. The van der Waals surface area contributed by atoms with Gasteiger partial charge in [-0.05, 0) is 23.3 Å². The van der Waals surface area contributed by atoms with Crippen molar-refractivity contribution in [1.29, 1.82) is 0 Å². The van der Waals surface area contributed by atoms with Crippen LogP contribution in [0.2, 0.25) is 0 Å². The zero-order chi connectivity index (χ0) is 16.2. The van der Waals surface area contributed by atoms with E-state index in [2.05, 4.69) is 0 Å². The van der Waals surface area contributed by atoms with Gasteiger partial charge in [0, 0.05) is 11.1 Å². The Morgan fingerprint density at radius 1 is 0.826 bits per heavy atom. The van der Waals surface area contributed by atoms with Crippen molar-refractivity contribution in [1.82, 2.24) is 0 Å². The van der Waals surface area contributed by atoms with Crippen LogP contribution in [0.1, 0.15) is 10.4 Å². The molecule has 3 aromatic rings. The molecule has 0 atom stereocenters. The molecule has 0 amide bonds. The average Bonchev–Trinajstić information content (AvgIpc) is 2.62. The molecule has 0 radical (unpaired) electrons. The molecule has 0 spiro atoms. The van der Waals surface area contributed by atoms with Crippen LogP contribution in [0.3, 0.4) is 0 Å². The van der Waals surface area contributed by atoms with E-state index in [0.717, 1.165) is 16.7 Å². The Kier molecular flexibility index (Phi) is 4.11. The first-order valence-corrected chi connectivity index (χ1v) is 7.27. The van der Waals surface area contributed by atoms with Crippen molar-refractivity contribution in [3.05, 3.63) is 78.4 Å². The minimum Gasteiger partial charge on any atom is -0.507 e. The fourth-order valence-electron chi connectivity index (χ4n) is 2.56. The summed E-state index contributed by atoms with van der Waals surface area (Å²) >= 11 is 0. The molecular formula is C20H16O3. The Hall–Kier alpha value is -3.07. The molecule has 114 valence electrons. The molecule has 1 N–H and O–H groups in total. The Bertz CT molecular complexity index is 839. The number of ether oxygens (including phenoxy) is 1. The molecule has 0 aliphatic carbocycles. The maximum atomic E-state index is 11.7. The topological polar surface area (TPSA) is 46.5 Å². The molecule has 0 bridgehead atoms. The SMILES string of the molecule is COC(=O)c1cccc(-c2cccc(-c3ccccc3)c2O)c1. The summed E-state index contributed by atoms with van der Waals surface area (Å²) in [6.07, 6.45) is 0. The number of carbonyl (C=O) groups is 1. The van der Waals surface area contributed by atoms with Crippen molar-refractivity contribution in [2.24, 2.45) is 0 Å². The van der Waals surface area contributed by atoms with Crippen LogP contribution in [-0.2, 0) is 4.74 Å². The highest BCUT2D eigenvalue weighted by atomic mass is 16.5. The van der Waals surface area contributed by atoms with E-state index in [1.807, 2.05) is 54.6 Å². The standard InChI is InChI=1S/C20H16O3/c1-23-20(22)16-10-5-9-15(13-16)18-12-6-11-17(19(18)21)14-7-3-2-4-8-14/h2-13,21H,1H3. The molecule has 3 nitrogen and oxygen atoms in total. The van der Waals surface area contributed by atoms with Crippen LogP contribution < -0.4 is 0 Å². The largest absolute Gasteiger partial charge is 0.507 e. The number of benzene rings is 3. The number of phenols is 1. The number of carbonyl (C=O) groups excluding carboxylic acids is 1. The molecule has 23 heavy (non-hydrogen) atoms. The lowest BCUT2D eigenvalue weighted by atomic mass is 9.96. The third-order valence-electron chi connectivity index (χ3n) is 3.72. The molecule has 0 saturated heterocycles. The maximum Gasteiger partial charge on any atom is 0.337 e. The number of esters is 1. The molecule has 0 aliphatic heterocycles. The minimum atomic E-state index is -0.398.